The molecule has 0 aliphatic heterocycles. The van der Waals surface area contributed by atoms with Crippen molar-refractivity contribution < 1.29 is 9.53 Å². The lowest BCUT2D eigenvalue weighted by molar-refractivity contribution is -0.115. The zero-order valence-electron chi connectivity index (χ0n) is 14.6. The van der Waals surface area contributed by atoms with Gasteiger partial charge in [-0.2, -0.15) is 0 Å². The molecule has 2 aromatic rings. The summed E-state index contributed by atoms with van der Waals surface area (Å²) in [5.41, 5.74) is 1.99. The van der Waals surface area contributed by atoms with Gasteiger partial charge < -0.3 is 15.4 Å². The zero-order chi connectivity index (χ0) is 17.2. The molecule has 2 aromatic carbocycles. The average molecular weight is 381 g/mol. The molecule has 1 amide bonds. The molecule has 136 valence electrons. The van der Waals surface area contributed by atoms with Gasteiger partial charge in [0.15, 0.2) is 0 Å². The van der Waals surface area contributed by atoms with E-state index in [4.69, 9.17) is 4.74 Å². The minimum absolute atomic E-state index is 0. The molecule has 0 aromatic heterocycles. The van der Waals surface area contributed by atoms with E-state index in [0.717, 1.165) is 40.7 Å². The first-order valence-corrected chi connectivity index (χ1v) is 9.06. The quantitative estimate of drug-likeness (QED) is 0.635. The summed E-state index contributed by atoms with van der Waals surface area (Å²) in [7, 11) is 1.65. The normalized spacial score (nSPS) is 10.0. The van der Waals surface area contributed by atoms with Crippen LogP contribution in [-0.4, -0.2) is 25.3 Å². The first-order valence-electron chi connectivity index (χ1n) is 8.08. The van der Waals surface area contributed by atoms with Gasteiger partial charge in [-0.3, -0.25) is 4.79 Å². The van der Waals surface area contributed by atoms with Crippen LogP contribution in [0.4, 0.5) is 5.69 Å². The van der Waals surface area contributed by atoms with Gasteiger partial charge in [-0.1, -0.05) is 25.1 Å². The molecule has 0 saturated carbocycles. The number of anilines is 1. The molecule has 25 heavy (non-hydrogen) atoms. The number of rotatable bonds is 9. The Morgan fingerprint density at radius 2 is 1.84 bits per heavy atom. The van der Waals surface area contributed by atoms with Crippen LogP contribution in [-0.2, 0) is 11.3 Å². The zero-order valence-corrected chi connectivity index (χ0v) is 16.2. The number of benzene rings is 2. The van der Waals surface area contributed by atoms with Gasteiger partial charge >= 0.3 is 0 Å². The van der Waals surface area contributed by atoms with E-state index in [1.807, 2.05) is 48.5 Å². The highest BCUT2D eigenvalue weighted by Gasteiger charge is 2.06. The van der Waals surface area contributed by atoms with E-state index < -0.39 is 0 Å². The summed E-state index contributed by atoms with van der Waals surface area (Å²) >= 11 is 1.67. The Morgan fingerprint density at radius 1 is 1.12 bits per heavy atom. The predicted octanol–water partition coefficient (Wildman–Crippen LogP) is 4.35. The van der Waals surface area contributed by atoms with E-state index in [0.29, 0.717) is 6.42 Å². The molecule has 0 fully saturated rings. The highest BCUT2D eigenvalue weighted by Crippen LogP contribution is 2.22. The van der Waals surface area contributed by atoms with E-state index in [9.17, 15) is 4.79 Å². The number of nitrogens with one attached hydrogen (secondary N) is 2. The number of thioether (sulfide) groups is 1. The van der Waals surface area contributed by atoms with Crippen LogP contribution >= 0.6 is 24.2 Å². The molecule has 0 unspecified atom stereocenters. The molecule has 0 aliphatic carbocycles. The highest BCUT2D eigenvalue weighted by atomic mass is 35.5. The fourth-order valence-electron chi connectivity index (χ4n) is 2.20. The summed E-state index contributed by atoms with van der Waals surface area (Å²) in [6, 6.07) is 15.8. The molecular weight excluding hydrogens is 356 g/mol. The summed E-state index contributed by atoms with van der Waals surface area (Å²) in [6.45, 7) is 3.73. The number of halogens is 1. The first kappa shape index (κ1) is 21.4. The van der Waals surface area contributed by atoms with Gasteiger partial charge in [0, 0.05) is 29.3 Å². The van der Waals surface area contributed by atoms with E-state index in [-0.39, 0.29) is 18.3 Å². The molecule has 4 nitrogen and oxygen atoms in total. The van der Waals surface area contributed by atoms with E-state index >= 15 is 0 Å². The van der Waals surface area contributed by atoms with Crippen molar-refractivity contribution in [3.8, 4) is 5.75 Å². The first-order chi connectivity index (χ1) is 11.7. The standard InChI is InChI=1S/C19H24N2O2S.ClH/c1-3-20-14-15-6-4-5-7-18(15)21-19(22)12-13-24-17-10-8-16(23-2)9-11-17;/h4-11,20H,3,12-14H2,1-2H3,(H,21,22);1H. The van der Waals surface area contributed by atoms with Crippen molar-refractivity contribution >= 4 is 35.8 Å². The fraction of sp³-hybridized carbons (Fsp3) is 0.316. The number of carbonyl (C=O) groups excluding carboxylic acids is 1. The van der Waals surface area contributed by atoms with Crippen molar-refractivity contribution in [1.29, 1.82) is 0 Å². The van der Waals surface area contributed by atoms with Crippen LogP contribution in [0.3, 0.4) is 0 Å². The molecule has 0 heterocycles. The highest BCUT2D eigenvalue weighted by molar-refractivity contribution is 7.99. The van der Waals surface area contributed by atoms with Crippen molar-refractivity contribution in [2.75, 3.05) is 24.7 Å². The van der Waals surface area contributed by atoms with Crippen LogP contribution in [0.1, 0.15) is 18.9 Å². The molecule has 0 radical (unpaired) electrons. The third kappa shape index (κ3) is 7.38. The number of ether oxygens (including phenoxy) is 1. The summed E-state index contributed by atoms with van der Waals surface area (Å²) in [4.78, 5) is 13.3. The van der Waals surface area contributed by atoms with Gasteiger partial charge in [0.2, 0.25) is 5.91 Å². The van der Waals surface area contributed by atoms with Crippen molar-refractivity contribution in [3.05, 3.63) is 54.1 Å². The largest absolute Gasteiger partial charge is 0.497 e. The number of amides is 1. The van der Waals surface area contributed by atoms with Gasteiger partial charge in [-0.25, -0.2) is 0 Å². The summed E-state index contributed by atoms with van der Waals surface area (Å²) in [6.07, 6.45) is 0.478. The maximum atomic E-state index is 12.2. The maximum absolute atomic E-state index is 12.2. The average Bonchev–Trinajstić information content (AvgIpc) is 2.61. The van der Waals surface area contributed by atoms with Crippen LogP contribution in [0, 0.1) is 0 Å². The van der Waals surface area contributed by atoms with Crippen LogP contribution in [0.2, 0.25) is 0 Å². The Balaban J connectivity index is 0.00000312. The molecular formula is C19H25ClN2O2S. The molecule has 0 aliphatic rings. The van der Waals surface area contributed by atoms with Crippen LogP contribution < -0.4 is 15.4 Å². The van der Waals surface area contributed by atoms with Crippen LogP contribution in [0.15, 0.2) is 53.4 Å². The van der Waals surface area contributed by atoms with Gasteiger partial charge in [0.05, 0.1) is 7.11 Å². The maximum Gasteiger partial charge on any atom is 0.225 e. The second kappa shape index (κ2) is 11.8. The van der Waals surface area contributed by atoms with Gasteiger partial charge in [-0.05, 0) is 42.4 Å². The Morgan fingerprint density at radius 3 is 2.52 bits per heavy atom. The number of carbonyl (C=O) groups is 1. The SMILES string of the molecule is CCNCc1ccccc1NC(=O)CCSc1ccc(OC)cc1.Cl. The topological polar surface area (TPSA) is 50.4 Å². The predicted molar refractivity (Wildman–Crippen MR) is 108 cm³/mol. The molecule has 0 spiro atoms. The summed E-state index contributed by atoms with van der Waals surface area (Å²) in [5, 5.41) is 6.30. The lowest BCUT2D eigenvalue weighted by Crippen LogP contribution is -2.17. The molecule has 0 bridgehead atoms. The van der Waals surface area contributed by atoms with E-state index in [1.54, 1.807) is 18.9 Å². The molecule has 2 rings (SSSR count). The van der Waals surface area contributed by atoms with Crippen LogP contribution in [0.5, 0.6) is 5.75 Å². The Hall–Kier alpha value is -1.69. The Labute approximate surface area is 160 Å². The monoisotopic (exact) mass is 380 g/mol. The molecule has 6 heteroatoms. The van der Waals surface area contributed by atoms with Crippen molar-refractivity contribution in [2.24, 2.45) is 0 Å². The lowest BCUT2D eigenvalue weighted by Gasteiger charge is -2.11. The van der Waals surface area contributed by atoms with Crippen molar-refractivity contribution in [2.45, 2.75) is 24.8 Å². The van der Waals surface area contributed by atoms with E-state index in [2.05, 4.69) is 17.6 Å². The Bertz CT molecular complexity index is 650. The Kier molecular flexibility index (Phi) is 10.1. The smallest absolute Gasteiger partial charge is 0.225 e. The fourth-order valence-corrected chi connectivity index (χ4v) is 3.05. The van der Waals surface area contributed by atoms with Crippen molar-refractivity contribution in [3.63, 3.8) is 0 Å². The second-order valence-corrected chi connectivity index (χ2v) is 6.43. The summed E-state index contributed by atoms with van der Waals surface area (Å²) in [5.74, 6) is 1.63. The van der Waals surface area contributed by atoms with Crippen LogP contribution in [0.25, 0.3) is 0 Å². The molecule has 0 saturated heterocycles. The summed E-state index contributed by atoms with van der Waals surface area (Å²) < 4.78 is 5.14. The number of para-hydroxylation sites is 1. The third-order valence-electron chi connectivity index (χ3n) is 3.51. The van der Waals surface area contributed by atoms with E-state index in [1.165, 1.54) is 0 Å². The number of hydrogen-bond donors (Lipinski definition) is 2. The number of methoxy groups -OCH3 is 1. The molecule has 2 N–H and O–H groups in total. The van der Waals surface area contributed by atoms with Gasteiger partial charge in [-0.15, -0.1) is 24.2 Å². The van der Waals surface area contributed by atoms with Crippen molar-refractivity contribution in [1.82, 2.24) is 5.32 Å². The second-order valence-electron chi connectivity index (χ2n) is 5.26. The van der Waals surface area contributed by atoms with Gasteiger partial charge in [0.25, 0.3) is 0 Å². The molecule has 0 atom stereocenters. The minimum Gasteiger partial charge on any atom is -0.497 e. The number of hydrogen-bond acceptors (Lipinski definition) is 4. The lowest BCUT2D eigenvalue weighted by atomic mass is 10.1. The minimum atomic E-state index is 0. The third-order valence-corrected chi connectivity index (χ3v) is 4.53. The van der Waals surface area contributed by atoms with Gasteiger partial charge in [0.1, 0.15) is 5.75 Å².